The van der Waals surface area contributed by atoms with E-state index in [1.807, 2.05) is 0 Å². The van der Waals surface area contributed by atoms with Crippen molar-refractivity contribution in [3.63, 3.8) is 0 Å². The minimum atomic E-state index is -0.207. The maximum Gasteiger partial charge on any atom is 0.0544 e. The van der Waals surface area contributed by atoms with E-state index in [4.69, 9.17) is 0 Å². The van der Waals surface area contributed by atoms with E-state index < -0.39 is 0 Å². The Balaban J connectivity index is 0.973. The summed E-state index contributed by atoms with van der Waals surface area (Å²) in [5, 5.41) is 7.66. The Morgan fingerprint density at radius 2 is 0.770 bits per heavy atom. The summed E-state index contributed by atoms with van der Waals surface area (Å²) in [5.41, 5.74) is 21.7. The Hall–Kier alpha value is -7.62. The van der Waals surface area contributed by atoms with Gasteiger partial charge in [0.1, 0.15) is 0 Å². The van der Waals surface area contributed by atoms with E-state index in [1.165, 1.54) is 127 Å². The van der Waals surface area contributed by atoms with E-state index in [1.54, 1.807) is 0 Å². The first-order valence-corrected chi connectivity index (χ1v) is 21.5. The van der Waals surface area contributed by atoms with Gasteiger partial charge in [-0.25, -0.2) is 0 Å². The highest BCUT2D eigenvalue weighted by Gasteiger charge is 2.37. The average molecular weight is 778 g/mol. The first-order chi connectivity index (χ1) is 30.0. The lowest BCUT2D eigenvalue weighted by Crippen LogP contribution is -2.15. The molecule has 12 aromatic rings. The van der Waals surface area contributed by atoms with Crippen molar-refractivity contribution in [3.05, 3.63) is 210 Å². The van der Waals surface area contributed by atoms with Crippen LogP contribution in [0.4, 0.5) is 0 Å². The zero-order valence-electron chi connectivity index (χ0n) is 33.9. The molecule has 0 bridgehead atoms. The van der Waals surface area contributed by atoms with Crippen LogP contribution >= 0.6 is 0 Å². The van der Waals surface area contributed by atoms with Crippen molar-refractivity contribution in [1.82, 2.24) is 13.7 Å². The second-order valence-electron chi connectivity index (χ2n) is 17.7. The van der Waals surface area contributed by atoms with Gasteiger partial charge < -0.3 is 13.7 Å². The Morgan fingerprint density at radius 1 is 0.311 bits per heavy atom. The molecule has 2 aliphatic carbocycles. The number of aromatic nitrogens is 3. The fourth-order valence-corrected chi connectivity index (χ4v) is 11.4. The molecule has 61 heavy (non-hydrogen) atoms. The van der Waals surface area contributed by atoms with Crippen LogP contribution in [0.3, 0.4) is 0 Å². The van der Waals surface area contributed by atoms with Gasteiger partial charge in [0.25, 0.3) is 0 Å². The normalized spacial score (nSPS) is 13.8. The Labute approximate surface area is 353 Å². The average Bonchev–Trinajstić information content (AvgIpc) is 4.07. The lowest BCUT2D eigenvalue weighted by molar-refractivity contribution is 0.661. The van der Waals surface area contributed by atoms with Crippen molar-refractivity contribution >= 4 is 65.4 Å². The molecule has 0 radical (unpaired) electrons. The predicted octanol–water partition coefficient (Wildman–Crippen LogP) is 14.9. The fourth-order valence-electron chi connectivity index (χ4n) is 11.4. The number of fused-ring (bicyclic) bond motifs is 15. The van der Waals surface area contributed by atoms with Crippen LogP contribution in [-0.4, -0.2) is 13.7 Å². The molecule has 0 unspecified atom stereocenters. The second kappa shape index (κ2) is 11.8. The molecule has 0 fully saturated rings. The summed E-state index contributed by atoms with van der Waals surface area (Å²) < 4.78 is 7.42. The first kappa shape index (κ1) is 33.2. The lowest BCUT2D eigenvalue weighted by atomic mass is 9.82. The Kier molecular flexibility index (Phi) is 6.41. The molecule has 9 aromatic carbocycles. The molecular weight excluding hydrogens is 739 g/mol. The largest absolute Gasteiger partial charge is 0.309 e. The van der Waals surface area contributed by atoms with E-state index >= 15 is 0 Å². The van der Waals surface area contributed by atoms with Gasteiger partial charge in [0.2, 0.25) is 0 Å². The highest BCUT2D eigenvalue weighted by molar-refractivity contribution is 6.15. The van der Waals surface area contributed by atoms with E-state index in [2.05, 4.69) is 216 Å². The smallest absolute Gasteiger partial charge is 0.0544 e. The summed E-state index contributed by atoms with van der Waals surface area (Å²) in [6.07, 6.45) is 0.975. The minimum absolute atomic E-state index is 0.207. The van der Waals surface area contributed by atoms with Crippen LogP contribution in [0.15, 0.2) is 188 Å². The van der Waals surface area contributed by atoms with Gasteiger partial charge in [-0.3, -0.25) is 0 Å². The van der Waals surface area contributed by atoms with E-state index in [9.17, 15) is 0 Å². The zero-order chi connectivity index (χ0) is 40.1. The molecule has 3 aromatic heterocycles. The van der Waals surface area contributed by atoms with Crippen molar-refractivity contribution in [2.45, 2.75) is 25.7 Å². The number of para-hydroxylation sites is 4. The van der Waals surface area contributed by atoms with Crippen molar-refractivity contribution in [2.24, 2.45) is 0 Å². The molecule has 286 valence electrons. The van der Waals surface area contributed by atoms with Crippen molar-refractivity contribution in [1.29, 1.82) is 0 Å². The third-order valence-corrected chi connectivity index (χ3v) is 14.2. The summed E-state index contributed by atoms with van der Waals surface area (Å²) in [6, 6.07) is 70.5. The number of rotatable bonds is 3. The first-order valence-electron chi connectivity index (χ1n) is 21.5. The van der Waals surface area contributed by atoms with Gasteiger partial charge in [-0.1, -0.05) is 117 Å². The van der Waals surface area contributed by atoms with Crippen LogP contribution in [0.2, 0.25) is 0 Å². The van der Waals surface area contributed by atoms with Gasteiger partial charge in [0.15, 0.2) is 0 Å². The van der Waals surface area contributed by atoms with Crippen LogP contribution in [0, 0.1) is 0 Å². The summed E-state index contributed by atoms with van der Waals surface area (Å²) in [4.78, 5) is 0. The van der Waals surface area contributed by atoms with E-state index in [0.29, 0.717) is 0 Å². The van der Waals surface area contributed by atoms with Crippen LogP contribution in [-0.2, 0) is 11.8 Å². The molecule has 3 nitrogen and oxygen atoms in total. The highest BCUT2D eigenvalue weighted by Crippen LogP contribution is 2.53. The van der Waals surface area contributed by atoms with Gasteiger partial charge in [0, 0.05) is 54.8 Å². The molecule has 14 rings (SSSR count). The van der Waals surface area contributed by atoms with Gasteiger partial charge >= 0.3 is 0 Å². The molecule has 0 atom stereocenters. The van der Waals surface area contributed by atoms with Crippen molar-refractivity contribution in [2.75, 3.05) is 0 Å². The highest BCUT2D eigenvalue weighted by atomic mass is 15.0. The number of nitrogens with zero attached hydrogens (tertiary/aromatic N) is 3. The predicted molar refractivity (Wildman–Crippen MR) is 255 cm³/mol. The third-order valence-electron chi connectivity index (χ3n) is 14.2. The van der Waals surface area contributed by atoms with E-state index in [-0.39, 0.29) is 5.41 Å². The molecular formula is C58H39N3. The summed E-state index contributed by atoms with van der Waals surface area (Å²) in [6.45, 7) is 4.83. The van der Waals surface area contributed by atoms with Crippen LogP contribution in [0.25, 0.3) is 105 Å². The molecule has 0 amide bonds. The minimum Gasteiger partial charge on any atom is -0.309 e. The number of hydrogen-bond acceptors (Lipinski definition) is 0. The molecule has 2 aliphatic rings. The summed E-state index contributed by atoms with van der Waals surface area (Å²) in [5.74, 6) is 0. The second-order valence-corrected chi connectivity index (χ2v) is 17.7. The maximum absolute atomic E-state index is 2.51. The Morgan fingerprint density at radius 3 is 1.41 bits per heavy atom. The quantitative estimate of drug-likeness (QED) is 0.170. The molecule has 0 spiro atoms. The molecule has 0 saturated carbocycles. The molecule has 0 N–H and O–H groups in total. The van der Waals surface area contributed by atoms with Crippen molar-refractivity contribution < 1.29 is 0 Å². The summed E-state index contributed by atoms with van der Waals surface area (Å²) >= 11 is 0. The Bertz CT molecular complexity index is 3870. The summed E-state index contributed by atoms with van der Waals surface area (Å²) in [7, 11) is 0. The fraction of sp³-hybridized carbons (Fsp3) is 0.0690. The molecule has 0 saturated heterocycles. The van der Waals surface area contributed by atoms with E-state index in [0.717, 1.165) is 6.42 Å². The topological polar surface area (TPSA) is 14.8 Å². The molecule has 0 aliphatic heterocycles. The van der Waals surface area contributed by atoms with Crippen molar-refractivity contribution in [3.8, 4) is 39.3 Å². The third kappa shape index (κ3) is 4.37. The monoisotopic (exact) mass is 777 g/mol. The number of hydrogen-bond donors (Lipinski definition) is 0. The maximum atomic E-state index is 2.51. The molecule has 3 heteroatoms. The van der Waals surface area contributed by atoms with Crippen LogP contribution in [0.5, 0.6) is 0 Å². The standard InChI is InChI=1S/C58H39N3/c1-58(2)50-33-56-48(43-19-9-11-21-52(43)59(56)37-15-4-3-5-16-37)31-45(50)46-32-49-44-20-10-13-23-54(44)61(57(49)34-51(46)58)39-25-27-55-47(30-39)42-18-8-12-22-53(42)60(55)38-24-26-41-36(29-38)28-35-14-6-7-17-40(35)41/h3-27,29-34H,28H2,1-2H3. The zero-order valence-corrected chi connectivity index (χ0v) is 33.9. The van der Waals surface area contributed by atoms with Gasteiger partial charge in [-0.15, -0.1) is 0 Å². The lowest BCUT2D eigenvalue weighted by Gasteiger charge is -2.22. The van der Waals surface area contributed by atoms with Gasteiger partial charge in [-0.05, 0) is 136 Å². The SMILES string of the molecule is CC1(C)c2cc3c(cc2-c2cc4c5ccccc5n(-c5ccc6c(c5)c5ccccc5n6-c5ccc6c(c5)Cc5ccccc5-6)c4cc21)c1ccccc1n3-c1ccccc1. The van der Waals surface area contributed by atoms with Gasteiger partial charge in [-0.2, -0.15) is 0 Å². The van der Waals surface area contributed by atoms with Gasteiger partial charge in [0.05, 0.1) is 33.1 Å². The van der Waals surface area contributed by atoms with Crippen LogP contribution in [0.1, 0.15) is 36.1 Å². The number of benzene rings is 9. The van der Waals surface area contributed by atoms with Crippen LogP contribution < -0.4 is 0 Å². The molecule has 3 heterocycles.